The molecule has 0 amide bonds. The molecule has 1 N–H and O–H groups in total. The fourth-order valence-electron chi connectivity index (χ4n) is 4.15. The second kappa shape index (κ2) is 5.77. The van der Waals surface area contributed by atoms with Crippen LogP contribution in [0.15, 0.2) is 54.6 Å². The molecule has 2 aromatic carbocycles. The maximum absolute atomic E-state index is 3.62. The van der Waals surface area contributed by atoms with Crippen molar-refractivity contribution in [3.63, 3.8) is 0 Å². The van der Waals surface area contributed by atoms with E-state index in [1.165, 1.54) is 49.2 Å². The van der Waals surface area contributed by atoms with E-state index < -0.39 is 0 Å². The summed E-state index contributed by atoms with van der Waals surface area (Å²) in [5.41, 5.74) is 4.75. The van der Waals surface area contributed by atoms with Crippen molar-refractivity contribution in [2.45, 2.75) is 25.8 Å². The Morgan fingerprint density at radius 3 is 2.68 bits per heavy atom. The Morgan fingerprint density at radius 2 is 1.77 bits per heavy atom. The van der Waals surface area contributed by atoms with Crippen LogP contribution in [-0.2, 0) is 13.0 Å². The van der Waals surface area contributed by atoms with E-state index in [9.17, 15) is 0 Å². The van der Waals surface area contributed by atoms with Crippen LogP contribution in [0.3, 0.4) is 0 Å². The van der Waals surface area contributed by atoms with E-state index in [0.29, 0.717) is 5.41 Å². The molecule has 0 saturated carbocycles. The average Bonchev–Trinajstić information content (AvgIpc) is 2.83. The quantitative estimate of drug-likeness (QED) is 0.902. The third kappa shape index (κ3) is 2.76. The smallest absolute Gasteiger partial charge is 0.0372 e. The van der Waals surface area contributed by atoms with E-state index in [1.807, 2.05) is 0 Å². The monoisotopic (exact) mass is 292 g/mol. The minimum absolute atomic E-state index is 0.467. The number of nitrogens with zero attached hydrogens (tertiary/aromatic N) is 1. The molecule has 2 aromatic rings. The number of likely N-dealkylation sites (tertiary alicyclic amines) is 1. The van der Waals surface area contributed by atoms with Crippen LogP contribution in [0.2, 0.25) is 0 Å². The second-order valence-electron chi connectivity index (χ2n) is 6.96. The van der Waals surface area contributed by atoms with Crippen molar-refractivity contribution in [2.75, 3.05) is 25.0 Å². The third-order valence-corrected chi connectivity index (χ3v) is 5.32. The predicted molar refractivity (Wildman–Crippen MR) is 92.0 cm³/mol. The molecular formula is C20H24N2. The Kier molecular flexibility index (Phi) is 3.63. The van der Waals surface area contributed by atoms with Gasteiger partial charge in [-0.3, -0.25) is 4.90 Å². The molecule has 2 aliphatic heterocycles. The molecule has 2 aliphatic rings. The molecule has 1 unspecified atom stereocenters. The van der Waals surface area contributed by atoms with E-state index in [1.54, 1.807) is 0 Å². The minimum Gasteiger partial charge on any atom is -0.385 e. The summed E-state index contributed by atoms with van der Waals surface area (Å²) in [5.74, 6) is 0. The lowest BCUT2D eigenvalue weighted by Crippen LogP contribution is -2.29. The van der Waals surface area contributed by atoms with Gasteiger partial charge in [-0.1, -0.05) is 48.5 Å². The Hall–Kier alpha value is -1.80. The molecule has 2 heterocycles. The van der Waals surface area contributed by atoms with Crippen molar-refractivity contribution in [1.82, 2.24) is 4.90 Å². The van der Waals surface area contributed by atoms with E-state index >= 15 is 0 Å². The number of hydrogen-bond donors (Lipinski definition) is 1. The van der Waals surface area contributed by atoms with Crippen LogP contribution in [-0.4, -0.2) is 24.5 Å². The molecular weight excluding hydrogens is 268 g/mol. The molecule has 0 bridgehead atoms. The van der Waals surface area contributed by atoms with Gasteiger partial charge in [0.25, 0.3) is 0 Å². The molecule has 22 heavy (non-hydrogen) atoms. The Labute approximate surface area is 133 Å². The lowest BCUT2D eigenvalue weighted by Gasteiger charge is -2.28. The van der Waals surface area contributed by atoms with Gasteiger partial charge in [-0.25, -0.2) is 0 Å². The van der Waals surface area contributed by atoms with E-state index in [4.69, 9.17) is 0 Å². The third-order valence-electron chi connectivity index (χ3n) is 5.32. The first-order chi connectivity index (χ1) is 10.8. The summed E-state index contributed by atoms with van der Waals surface area (Å²) >= 11 is 0. The predicted octanol–water partition coefficient (Wildman–Crippen LogP) is 3.94. The number of nitrogens with one attached hydrogen (secondary N) is 1. The average molecular weight is 292 g/mol. The molecule has 0 radical (unpaired) electrons. The molecule has 0 aliphatic carbocycles. The normalized spacial score (nSPS) is 24.7. The molecule has 4 rings (SSSR count). The number of hydrogen-bond acceptors (Lipinski definition) is 2. The van der Waals surface area contributed by atoms with Crippen molar-refractivity contribution in [1.29, 1.82) is 0 Å². The van der Waals surface area contributed by atoms with Crippen LogP contribution in [0.1, 0.15) is 24.0 Å². The van der Waals surface area contributed by atoms with E-state index in [-0.39, 0.29) is 0 Å². The van der Waals surface area contributed by atoms with Gasteiger partial charge in [0.15, 0.2) is 0 Å². The molecule has 1 saturated heterocycles. The highest BCUT2D eigenvalue weighted by atomic mass is 15.2. The van der Waals surface area contributed by atoms with Crippen LogP contribution in [0, 0.1) is 5.41 Å². The van der Waals surface area contributed by atoms with Gasteiger partial charge < -0.3 is 5.32 Å². The molecule has 1 spiro atoms. The summed E-state index contributed by atoms with van der Waals surface area (Å²) in [4.78, 5) is 2.64. The van der Waals surface area contributed by atoms with Gasteiger partial charge in [0.05, 0.1) is 0 Å². The summed E-state index contributed by atoms with van der Waals surface area (Å²) < 4.78 is 0. The second-order valence-corrected chi connectivity index (χ2v) is 6.96. The minimum atomic E-state index is 0.467. The van der Waals surface area contributed by atoms with Gasteiger partial charge in [-0.2, -0.15) is 0 Å². The maximum atomic E-state index is 3.62. The largest absolute Gasteiger partial charge is 0.385 e. The van der Waals surface area contributed by atoms with Gasteiger partial charge in [0.1, 0.15) is 0 Å². The van der Waals surface area contributed by atoms with Crippen molar-refractivity contribution >= 4 is 5.69 Å². The molecule has 114 valence electrons. The number of rotatable bonds is 2. The summed E-state index contributed by atoms with van der Waals surface area (Å²) in [6, 6.07) is 19.7. The highest BCUT2D eigenvalue weighted by molar-refractivity contribution is 5.52. The van der Waals surface area contributed by atoms with Gasteiger partial charge >= 0.3 is 0 Å². The Morgan fingerprint density at radius 1 is 0.955 bits per heavy atom. The standard InChI is InChI=1S/C20H24N2/c1-2-6-17(7-3-1)15-22-13-11-20(16-22)10-12-21-19-9-5-4-8-18(19)14-20/h1-9,21H,10-16H2. The number of benzene rings is 2. The van der Waals surface area contributed by atoms with Crippen LogP contribution < -0.4 is 5.32 Å². The van der Waals surface area contributed by atoms with Crippen molar-refractivity contribution in [3.8, 4) is 0 Å². The summed E-state index contributed by atoms with van der Waals surface area (Å²) in [6.45, 7) is 4.67. The molecule has 2 heteroatoms. The maximum Gasteiger partial charge on any atom is 0.0372 e. The topological polar surface area (TPSA) is 15.3 Å². The summed E-state index contributed by atoms with van der Waals surface area (Å²) in [7, 11) is 0. The lowest BCUT2D eigenvalue weighted by atomic mass is 9.78. The number of fused-ring (bicyclic) bond motifs is 1. The molecule has 1 atom stereocenters. The van der Waals surface area contributed by atoms with Crippen molar-refractivity contribution in [2.24, 2.45) is 5.41 Å². The Balaban J connectivity index is 1.49. The first-order valence-corrected chi connectivity index (χ1v) is 8.41. The molecule has 2 nitrogen and oxygen atoms in total. The SMILES string of the molecule is c1ccc(CN2CCC3(CCNc4ccccc4C3)C2)cc1. The summed E-state index contributed by atoms with van der Waals surface area (Å²) in [5, 5.41) is 3.62. The van der Waals surface area contributed by atoms with Gasteiger partial charge in [-0.15, -0.1) is 0 Å². The zero-order chi connectivity index (χ0) is 14.8. The highest BCUT2D eigenvalue weighted by Gasteiger charge is 2.39. The van der Waals surface area contributed by atoms with Crippen LogP contribution in [0.5, 0.6) is 0 Å². The van der Waals surface area contributed by atoms with Crippen LogP contribution in [0.4, 0.5) is 5.69 Å². The first kappa shape index (κ1) is 13.8. The van der Waals surface area contributed by atoms with Gasteiger partial charge in [0.2, 0.25) is 0 Å². The zero-order valence-electron chi connectivity index (χ0n) is 13.1. The zero-order valence-corrected chi connectivity index (χ0v) is 13.1. The first-order valence-electron chi connectivity index (χ1n) is 8.41. The van der Waals surface area contributed by atoms with Crippen LogP contribution >= 0.6 is 0 Å². The van der Waals surface area contributed by atoms with Crippen LogP contribution in [0.25, 0.3) is 0 Å². The fourth-order valence-corrected chi connectivity index (χ4v) is 4.15. The highest BCUT2D eigenvalue weighted by Crippen LogP contribution is 2.41. The lowest BCUT2D eigenvalue weighted by molar-refractivity contribution is 0.242. The summed E-state index contributed by atoms with van der Waals surface area (Å²) in [6.07, 6.45) is 3.84. The fraction of sp³-hybridized carbons (Fsp3) is 0.400. The Bertz CT molecular complexity index is 637. The van der Waals surface area contributed by atoms with E-state index in [0.717, 1.165) is 13.1 Å². The van der Waals surface area contributed by atoms with Gasteiger partial charge in [0, 0.05) is 25.3 Å². The molecule has 1 fully saturated rings. The van der Waals surface area contributed by atoms with Crippen molar-refractivity contribution < 1.29 is 0 Å². The van der Waals surface area contributed by atoms with Gasteiger partial charge in [-0.05, 0) is 48.4 Å². The molecule has 0 aromatic heterocycles. The number of anilines is 1. The number of para-hydroxylation sites is 1. The van der Waals surface area contributed by atoms with E-state index in [2.05, 4.69) is 64.8 Å². The van der Waals surface area contributed by atoms with Crippen molar-refractivity contribution in [3.05, 3.63) is 65.7 Å².